The normalized spacial score (nSPS) is 29.1. The van der Waals surface area contributed by atoms with Crippen LogP contribution in [0, 0.1) is 0 Å². The van der Waals surface area contributed by atoms with Gasteiger partial charge in [0.1, 0.15) is 24.6 Å². The summed E-state index contributed by atoms with van der Waals surface area (Å²) in [6, 6.07) is 0. The van der Waals surface area contributed by atoms with Gasteiger partial charge < -0.3 is 30.5 Å². The number of ether oxygens (including phenoxy) is 1. The molecule has 1 aliphatic heterocycles. The van der Waals surface area contributed by atoms with Crippen molar-refractivity contribution in [1.82, 2.24) is 19.5 Å². The summed E-state index contributed by atoms with van der Waals surface area (Å²) in [7, 11) is 0. The Balaban J connectivity index is 1.93. The van der Waals surface area contributed by atoms with Crippen LogP contribution in [0.1, 0.15) is 13.2 Å². The van der Waals surface area contributed by atoms with Gasteiger partial charge in [-0.1, -0.05) is 0 Å². The van der Waals surface area contributed by atoms with Gasteiger partial charge in [0.25, 0.3) is 0 Å². The molecule has 0 bridgehead atoms. The molecule has 10 heteroatoms. The maximum atomic E-state index is 10.1. The molecule has 0 aliphatic carbocycles. The van der Waals surface area contributed by atoms with Crippen LogP contribution in [-0.4, -0.2) is 77.5 Å². The van der Waals surface area contributed by atoms with E-state index in [1.54, 1.807) is 6.92 Å². The van der Waals surface area contributed by atoms with Gasteiger partial charge in [-0.2, -0.15) is 0 Å². The third kappa shape index (κ3) is 2.86. The van der Waals surface area contributed by atoms with E-state index in [4.69, 9.17) is 9.84 Å². The maximum absolute atomic E-state index is 10.1. The molecule has 5 atom stereocenters. The van der Waals surface area contributed by atoms with Gasteiger partial charge in [-0.05, 0) is 6.92 Å². The van der Waals surface area contributed by atoms with E-state index in [0.29, 0.717) is 23.5 Å². The van der Waals surface area contributed by atoms with Gasteiger partial charge >= 0.3 is 0 Å². The highest BCUT2D eigenvalue weighted by Crippen LogP contribution is 2.31. The van der Waals surface area contributed by atoms with Crippen LogP contribution >= 0.6 is 0 Å². The lowest BCUT2D eigenvalue weighted by Gasteiger charge is -2.16. The molecule has 10 nitrogen and oxygen atoms in total. The zero-order valence-corrected chi connectivity index (χ0v) is 12.4. The van der Waals surface area contributed by atoms with E-state index in [1.165, 1.54) is 17.2 Å². The third-order valence-electron chi connectivity index (χ3n) is 3.71. The minimum atomic E-state index is -1.21. The lowest BCUT2D eigenvalue weighted by Crippen LogP contribution is -2.33. The van der Waals surface area contributed by atoms with E-state index in [1.807, 2.05) is 0 Å². The average Bonchev–Trinajstić information content (AvgIpc) is 3.08. The molecule has 0 spiro atoms. The van der Waals surface area contributed by atoms with Gasteiger partial charge in [0.15, 0.2) is 23.2 Å². The van der Waals surface area contributed by atoms with Crippen LogP contribution in [0.3, 0.4) is 0 Å². The van der Waals surface area contributed by atoms with Crippen LogP contribution in [-0.2, 0) is 4.74 Å². The lowest BCUT2D eigenvalue weighted by atomic mass is 10.1. The molecule has 1 aliphatic rings. The molecule has 0 saturated carbocycles. The zero-order chi connectivity index (χ0) is 16.6. The van der Waals surface area contributed by atoms with Crippen molar-refractivity contribution in [2.24, 2.45) is 0 Å². The number of nitrogens with one attached hydrogen (secondary N) is 1. The summed E-state index contributed by atoms with van der Waals surface area (Å²) in [5.74, 6) is 0.446. The van der Waals surface area contributed by atoms with Crippen molar-refractivity contribution in [1.29, 1.82) is 0 Å². The number of hydrogen-bond acceptors (Lipinski definition) is 9. The van der Waals surface area contributed by atoms with Gasteiger partial charge in [-0.3, -0.25) is 4.57 Å². The number of hydrogen-bond donors (Lipinski definition) is 5. The summed E-state index contributed by atoms with van der Waals surface area (Å²) in [5.41, 5.74) is 0.855. The second-order valence-electron chi connectivity index (χ2n) is 5.51. The lowest BCUT2D eigenvalue weighted by molar-refractivity contribution is -0.0511. The van der Waals surface area contributed by atoms with Crippen LogP contribution in [0.2, 0.25) is 0 Å². The van der Waals surface area contributed by atoms with E-state index in [-0.39, 0.29) is 0 Å². The summed E-state index contributed by atoms with van der Waals surface area (Å²) in [5, 5.41) is 41.4. The molecule has 3 heterocycles. The van der Waals surface area contributed by atoms with Crippen molar-refractivity contribution in [3.8, 4) is 0 Å². The van der Waals surface area contributed by atoms with Crippen LogP contribution < -0.4 is 5.32 Å². The molecule has 0 radical (unpaired) electrons. The predicted octanol–water partition coefficient (Wildman–Crippen LogP) is -1.77. The number of aromatic nitrogens is 4. The maximum Gasteiger partial charge on any atom is 0.167 e. The first-order chi connectivity index (χ1) is 11.0. The topological polar surface area (TPSA) is 146 Å². The largest absolute Gasteiger partial charge is 0.394 e. The Morgan fingerprint density at radius 3 is 2.74 bits per heavy atom. The fourth-order valence-corrected chi connectivity index (χ4v) is 2.52. The number of imidazole rings is 1. The molecule has 23 heavy (non-hydrogen) atoms. The number of aliphatic hydroxyl groups is 4. The molecule has 126 valence electrons. The van der Waals surface area contributed by atoms with E-state index in [9.17, 15) is 15.3 Å². The molecule has 1 fully saturated rings. The van der Waals surface area contributed by atoms with Gasteiger partial charge in [0, 0.05) is 6.54 Å². The fourth-order valence-electron chi connectivity index (χ4n) is 2.52. The molecular formula is C13H19N5O5. The first kappa shape index (κ1) is 16.0. The number of aliphatic hydroxyl groups excluding tert-OH is 4. The van der Waals surface area contributed by atoms with E-state index in [2.05, 4.69) is 20.3 Å². The predicted molar refractivity (Wildman–Crippen MR) is 78.5 cm³/mol. The van der Waals surface area contributed by atoms with Gasteiger partial charge in [-0.25, -0.2) is 15.0 Å². The molecule has 1 saturated heterocycles. The van der Waals surface area contributed by atoms with Crippen molar-refractivity contribution in [2.45, 2.75) is 37.6 Å². The molecular weight excluding hydrogens is 306 g/mol. The quantitative estimate of drug-likeness (QED) is 0.431. The van der Waals surface area contributed by atoms with Gasteiger partial charge in [0.05, 0.1) is 19.0 Å². The number of nitrogens with zero attached hydrogens (tertiary/aromatic N) is 4. The molecule has 1 unspecified atom stereocenters. The van der Waals surface area contributed by atoms with Crippen molar-refractivity contribution < 1.29 is 25.2 Å². The molecule has 5 N–H and O–H groups in total. The van der Waals surface area contributed by atoms with Crippen LogP contribution in [0.5, 0.6) is 0 Å². The second-order valence-corrected chi connectivity index (χ2v) is 5.51. The molecule has 0 amide bonds. The van der Waals surface area contributed by atoms with Crippen LogP contribution in [0.4, 0.5) is 5.82 Å². The third-order valence-corrected chi connectivity index (χ3v) is 3.71. The highest BCUT2D eigenvalue weighted by Gasteiger charge is 2.44. The summed E-state index contributed by atoms with van der Waals surface area (Å²) >= 11 is 0. The Morgan fingerprint density at radius 2 is 2.09 bits per heavy atom. The van der Waals surface area contributed by atoms with Crippen molar-refractivity contribution in [3.05, 3.63) is 12.7 Å². The summed E-state index contributed by atoms with van der Waals surface area (Å²) in [4.78, 5) is 12.4. The molecule has 3 rings (SSSR count). The smallest absolute Gasteiger partial charge is 0.167 e. The minimum Gasteiger partial charge on any atom is -0.394 e. The first-order valence-electron chi connectivity index (χ1n) is 7.25. The van der Waals surface area contributed by atoms with Crippen LogP contribution in [0.25, 0.3) is 11.2 Å². The Labute approximate surface area is 131 Å². The van der Waals surface area contributed by atoms with Crippen LogP contribution in [0.15, 0.2) is 12.7 Å². The molecule has 2 aromatic heterocycles. The Hall–Kier alpha value is -1.85. The number of fused-ring (bicyclic) bond motifs is 1. The van der Waals surface area contributed by atoms with Crippen molar-refractivity contribution in [2.75, 3.05) is 18.5 Å². The first-order valence-corrected chi connectivity index (χ1v) is 7.25. The van der Waals surface area contributed by atoms with Gasteiger partial charge in [0.2, 0.25) is 0 Å². The highest BCUT2D eigenvalue weighted by atomic mass is 16.6. The van der Waals surface area contributed by atoms with E-state index in [0.717, 1.165) is 0 Å². The standard InChI is InChI=1S/C13H19N5O5/c1-6(20)2-14-11-8-12(16-4-15-11)18(5-17-8)13-10(22)9(21)7(3-19)23-13/h4-7,9-10,13,19-22H,2-3H2,1H3,(H,14,15,16)/t6?,7-,9-,10-,13+/m1/s1. The Kier molecular flexibility index (Phi) is 4.41. The summed E-state index contributed by atoms with van der Waals surface area (Å²) < 4.78 is 6.96. The zero-order valence-electron chi connectivity index (χ0n) is 12.4. The van der Waals surface area contributed by atoms with Gasteiger partial charge in [-0.15, -0.1) is 0 Å². The summed E-state index contributed by atoms with van der Waals surface area (Å²) in [6.45, 7) is 1.54. The molecule has 2 aromatic rings. The number of anilines is 1. The van der Waals surface area contributed by atoms with Crippen molar-refractivity contribution >= 4 is 17.0 Å². The highest BCUT2D eigenvalue weighted by molar-refractivity contribution is 5.82. The summed E-state index contributed by atoms with van der Waals surface area (Å²) in [6.07, 6.45) is -2.00. The average molecular weight is 325 g/mol. The SMILES string of the molecule is CC(O)CNc1ncnc2c1ncn2[C@H]1O[C@H](CO)[C@@H](O)[C@H]1O. The monoisotopic (exact) mass is 325 g/mol. The second kappa shape index (κ2) is 6.34. The van der Waals surface area contributed by atoms with E-state index >= 15 is 0 Å². The van der Waals surface area contributed by atoms with E-state index < -0.39 is 37.3 Å². The molecule has 0 aromatic carbocycles. The fraction of sp³-hybridized carbons (Fsp3) is 0.615. The minimum absolute atomic E-state index is 0.298. The number of rotatable bonds is 5. The Bertz CT molecular complexity index is 678. The van der Waals surface area contributed by atoms with Crippen molar-refractivity contribution in [3.63, 3.8) is 0 Å². The Morgan fingerprint density at radius 1 is 1.30 bits per heavy atom.